The predicted octanol–water partition coefficient (Wildman–Crippen LogP) is -1.49. The van der Waals surface area contributed by atoms with Gasteiger partial charge in [-0.05, 0) is 0 Å². The molecule has 35 heavy (non-hydrogen) atoms. The van der Waals surface area contributed by atoms with Gasteiger partial charge in [0.25, 0.3) is 0 Å². The average molecular weight is 518 g/mol. The van der Waals surface area contributed by atoms with Gasteiger partial charge < -0.3 is 0 Å². The van der Waals surface area contributed by atoms with Gasteiger partial charge in [0.2, 0.25) is 13.2 Å². The number of carbonyl (C=O) groups excluding carboxylic acids is 2. The standard InChI is InChI=1S/C11H14N6O18/c18-9(3-1-7(12(20)21)13(22)23)34-32-5-11(16(28)29,17(30)31)6-33-35-10(19)4-2-8(14(24)25)15(26)27/h7-8H,1-6H2. The van der Waals surface area contributed by atoms with Crippen molar-refractivity contribution in [3.8, 4) is 0 Å². The monoisotopic (exact) mass is 518 g/mol. The van der Waals surface area contributed by atoms with Gasteiger partial charge in [-0.3, -0.25) is 70.5 Å². The summed E-state index contributed by atoms with van der Waals surface area (Å²) in [6.07, 6.45) is -8.67. The molecule has 0 aliphatic rings. The normalized spacial score (nSPS) is 11.0. The van der Waals surface area contributed by atoms with Gasteiger partial charge in [0.15, 0.2) is 0 Å². The summed E-state index contributed by atoms with van der Waals surface area (Å²) in [7, 11) is 0. The Balaban J connectivity index is 4.88. The SMILES string of the molecule is O=C(CCC([N+](=O)[O-])[N+](=O)[O-])OOCC(COOC(=O)CCC([N+](=O)[O-])[N+](=O)[O-])([N+](=O)[O-])[N+](=O)[O-]. The van der Waals surface area contributed by atoms with Crippen molar-refractivity contribution in [3.63, 3.8) is 0 Å². The summed E-state index contributed by atoms with van der Waals surface area (Å²) in [6.45, 7) is -3.34. The van der Waals surface area contributed by atoms with Gasteiger partial charge in [-0.15, -0.1) is 0 Å². The highest BCUT2D eigenvalue weighted by Crippen LogP contribution is 2.15. The van der Waals surface area contributed by atoms with Crippen LogP contribution in [0.4, 0.5) is 0 Å². The minimum atomic E-state index is -3.46. The molecule has 0 bridgehead atoms. The molecule has 0 aromatic rings. The fourth-order valence-corrected chi connectivity index (χ4v) is 1.85. The summed E-state index contributed by atoms with van der Waals surface area (Å²) in [5.41, 5.74) is -3.46. The number of hydrogen-bond acceptors (Lipinski definition) is 18. The van der Waals surface area contributed by atoms with Crippen LogP contribution in [0.25, 0.3) is 0 Å². The number of nitro groups is 6. The summed E-state index contributed by atoms with van der Waals surface area (Å²) in [5.74, 6) is -3.03. The Hall–Kier alpha value is -4.74. The second-order valence-electron chi connectivity index (χ2n) is 6.11. The number of carbonyl (C=O) groups is 2. The van der Waals surface area contributed by atoms with E-state index in [4.69, 9.17) is 0 Å². The first kappa shape index (κ1) is 30.3. The van der Waals surface area contributed by atoms with Gasteiger partial charge in [-0.25, -0.2) is 9.59 Å². The molecule has 0 N–H and O–H groups in total. The zero-order valence-electron chi connectivity index (χ0n) is 16.9. The minimum Gasteiger partial charge on any atom is -0.298 e. The molecule has 24 heteroatoms. The molecule has 0 fully saturated rings. The van der Waals surface area contributed by atoms with Crippen molar-refractivity contribution in [3.05, 3.63) is 60.7 Å². The fraction of sp³-hybridized carbons (Fsp3) is 0.818. The molecule has 0 unspecified atom stereocenters. The Labute approximate surface area is 189 Å². The Kier molecular flexibility index (Phi) is 11.9. The first-order valence-electron chi connectivity index (χ1n) is 8.63. The van der Waals surface area contributed by atoms with Crippen LogP contribution < -0.4 is 0 Å². The van der Waals surface area contributed by atoms with E-state index in [2.05, 4.69) is 19.6 Å². The highest BCUT2D eigenvalue weighted by molar-refractivity contribution is 5.68. The van der Waals surface area contributed by atoms with Gasteiger partial charge >= 0.3 is 29.9 Å². The van der Waals surface area contributed by atoms with Crippen LogP contribution in [0.15, 0.2) is 0 Å². The second-order valence-corrected chi connectivity index (χ2v) is 6.11. The van der Waals surface area contributed by atoms with Crippen molar-refractivity contribution < 1.29 is 58.7 Å². The molecule has 0 atom stereocenters. The summed E-state index contributed by atoms with van der Waals surface area (Å²) in [4.78, 5) is 94.6. The molecule has 0 rings (SSSR count). The smallest absolute Gasteiger partial charge is 0.298 e. The van der Waals surface area contributed by atoms with Gasteiger partial charge in [0.05, 0.1) is 45.4 Å². The van der Waals surface area contributed by atoms with Crippen LogP contribution in [0.3, 0.4) is 0 Å². The average Bonchev–Trinajstić information content (AvgIpc) is 2.71. The molecule has 0 saturated carbocycles. The Bertz CT molecular complexity index is 777. The predicted molar refractivity (Wildman–Crippen MR) is 94.8 cm³/mol. The first-order valence-corrected chi connectivity index (χ1v) is 8.63. The molecule has 0 amide bonds. The number of rotatable bonds is 18. The lowest BCUT2D eigenvalue weighted by molar-refractivity contribution is -0.807. The number of hydrogen-bond donors (Lipinski definition) is 0. The van der Waals surface area contributed by atoms with E-state index in [-0.39, 0.29) is 0 Å². The van der Waals surface area contributed by atoms with E-state index < -0.39 is 98.4 Å². The third-order valence-electron chi connectivity index (χ3n) is 3.75. The van der Waals surface area contributed by atoms with Crippen molar-refractivity contribution in [1.82, 2.24) is 0 Å². The molecule has 0 heterocycles. The molecular formula is C11H14N6O18. The van der Waals surface area contributed by atoms with E-state index in [1.54, 1.807) is 0 Å². The van der Waals surface area contributed by atoms with Gasteiger partial charge in [0.1, 0.15) is 9.85 Å². The van der Waals surface area contributed by atoms with Crippen molar-refractivity contribution >= 4 is 11.9 Å². The van der Waals surface area contributed by atoms with Crippen molar-refractivity contribution in [2.75, 3.05) is 13.2 Å². The molecule has 0 radical (unpaired) electrons. The van der Waals surface area contributed by atoms with Gasteiger partial charge in [-0.1, -0.05) is 0 Å². The van der Waals surface area contributed by atoms with E-state index in [1.165, 1.54) is 0 Å². The Morgan fingerprint density at radius 3 is 1.11 bits per heavy atom. The first-order chi connectivity index (χ1) is 16.2. The maximum absolute atomic E-state index is 11.4. The Morgan fingerprint density at radius 2 is 0.886 bits per heavy atom. The molecule has 0 saturated heterocycles. The summed E-state index contributed by atoms with van der Waals surface area (Å²) >= 11 is 0. The van der Waals surface area contributed by atoms with Crippen LogP contribution >= 0.6 is 0 Å². The van der Waals surface area contributed by atoms with Crippen LogP contribution in [0, 0.1) is 60.7 Å². The molecule has 196 valence electrons. The third-order valence-corrected chi connectivity index (χ3v) is 3.75. The largest absolute Gasteiger partial charge is 0.511 e. The molecule has 24 nitrogen and oxygen atoms in total. The van der Waals surface area contributed by atoms with E-state index in [0.29, 0.717) is 0 Å². The molecular weight excluding hydrogens is 504 g/mol. The highest BCUT2D eigenvalue weighted by Gasteiger charge is 2.59. The summed E-state index contributed by atoms with van der Waals surface area (Å²) in [6, 6.07) is 0. The van der Waals surface area contributed by atoms with Crippen LogP contribution in [0.5, 0.6) is 0 Å². The lowest BCUT2D eigenvalue weighted by Crippen LogP contribution is -2.54. The molecule has 0 spiro atoms. The van der Waals surface area contributed by atoms with E-state index in [9.17, 15) is 70.3 Å². The summed E-state index contributed by atoms with van der Waals surface area (Å²) < 4.78 is 0. The van der Waals surface area contributed by atoms with Gasteiger partial charge in [-0.2, -0.15) is 9.78 Å². The molecule has 0 aromatic heterocycles. The quantitative estimate of drug-likeness (QED) is 0.0861. The van der Waals surface area contributed by atoms with Crippen molar-refractivity contribution in [2.45, 2.75) is 43.7 Å². The zero-order valence-corrected chi connectivity index (χ0v) is 16.9. The van der Waals surface area contributed by atoms with Crippen molar-refractivity contribution in [1.29, 1.82) is 0 Å². The third kappa shape index (κ3) is 9.74. The molecule has 0 aliphatic heterocycles. The Morgan fingerprint density at radius 1 is 0.600 bits per heavy atom. The second kappa shape index (κ2) is 13.7. The van der Waals surface area contributed by atoms with Crippen LogP contribution in [0.2, 0.25) is 0 Å². The van der Waals surface area contributed by atoms with Crippen LogP contribution in [0.1, 0.15) is 25.7 Å². The van der Waals surface area contributed by atoms with E-state index in [1.807, 2.05) is 0 Å². The van der Waals surface area contributed by atoms with Crippen LogP contribution in [-0.4, -0.2) is 72.7 Å². The number of nitrogens with zero attached hydrogens (tertiary/aromatic N) is 6. The highest BCUT2D eigenvalue weighted by atomic mass is 17.2. The van der Waals surface area contributed by atoms with Gasteiger partial charge in [0, 0.05) is 0 Å². The topological polar surface area (TPSA) is 330 Å². The molecule has 0 aromatic carbocycles. The van der Waals surface area contributed by atoms with Crippen LogP contribution in [-0.2, 0) is 29.1 Å². The lowest BCUT2D eigenvalue weighted by Gasteiger charge is -2.15. The zero-order chi connectivity index (χ0) is 27.3. The van der Waals surface area contributed by atoms with Crippen molar-refractivity contribution in [2.24, 2.45) is 0 Å². The lowest BCUT2D eigenvalue weighted by atomic mass is 10.2. The molecule has 0 aliphatic carbocycles. The van der Waals surface area contributed by atoms with E-state index in [0.717, 1.165) is 0 Å². The maximum Gasteiger partial charge on any atom is 0.511 e. The fourth-order valence-electron chi connectivity index (χ4n) is 1.85. The maximum atomic E-state index is 11.4. The minimum absolute atomic E-state index is 0.968. The van der Waals surface area contributed by atoms with E-state index >= 15 is 0 Å². The summed E-state index contributed by atoms with van der Waals surface area (Å²) in [5, 5.41) is 64.1.